The van der Waals surface area contributed by atoms with Crippen molar-refractivity contribution in [1.29, 1.82) is 0 Å². The van der Waals surface area contributed by atoms with Crippen LogP contribution in [0.1, 0.15) is 40.8 Å². The van der Waals surface area contributed by atoms with Crippen LogP contribution in [0.5, 0.6) is 11.6 Å². The molecule has 16 heteroatoms. The third-order valence-corrected chi connectivity index (χ3v) is 8.97. The normalized spacial score (nSPS) is 23.7. The van der Waals surface area contributed by atoms with Crippen LogP contribution in [0.3, 0.4) is 0 Å². The van der Waals surface area contributed by atoms with Crippen molar-refractivity contribution in [3.8, 4) is 11.6 Å². The molecule has 1 aliphatic heterocycles. The first kappa shape index (κ1) is 33.5. The van der Waals surface area contributed by atoms with Crippen molar-refractivity contribution in [2.45, 2.75) is 64.7 Å². The first-order valence-corrected chi connectivity index (χ1v) is 16.1. The molecule has 0 aliphatic carbocycles. The number of methoxy groups -OCH3 is 1. The lowest BCUT2D eigenvalue weighted by atomic mass is 9.96. The minimum absolute atomic E-state index is 0.100. The molecular weight excluding hydrogens is 619 g/mol. The molecule has 1 saturated heterocycles. The number of rotatable bonds is 11. The number of nitrogens with two attached hydrogens (primary N) is 1. The number of aromatic nitrogens is 4. The van der Waals surface area contributed by atoms with Crippen molar-refractivity contribution in [2.75, 3.05) is 26.1 Å². The Morgan fingerprint density at radius 1 is 1.22 bits per heavy atom. The van der Waals surface area contributed by atoms with Gasteiger partial charge in [-0.05, 0) is 30.7 Å². The number of aliphatic hydroxyl groups is 2. The molecule has 1 fully saturated rings. The molecule has 0 radical (unpaired) electrons. The van der Waals surface area contributed by atoms with E-state index in [4.69, 9.17) is 29.0 Å². The number of imidazole rings is 1. The Morgan fingerprint density at radius 2 is 1.93 bits per heavy atom. The highest BCUT2D eigenvalue weighted by atomic mass is 31.2. The summed E-state index contributed by atoms with van der Waals surface area (Å²) in [7, 11) is -2.97. The van der Waals surface area contributed by atoms with E-state index in [2.05, 4.69) is 20.0 Å². The maximum Gasteiger partial charge on any atom is 0.459 e. The fourth-order valence-electron chi connectivity index (χ4n) is 4.97. The molecule has 2 aromatic heterocycles. The molecule has 46 heavy (non-hydrogen) atoms. The number of nitrogens with one attached hydrogen (secondary N) is 1. The summed E-state index contributed by atoms with van der Waals surface area (Å²) in [5.41, 5.74) is 4.11. The number of aliphatic hydroxyl groups excluding tert-OH is 1. The summed E-state index contributed by atoms with van der Waals surface area (Å²) in [5.74, 6) is -0.411. The number of carbonyl (C=O) groups excluding carboxylic acids is 1. The third-order valence-electron chi connectivity index (χ3n) is 7.34. The Bertz CT molecular complexity index is 1770. The van der Waals surface area contributed by atoms with E-state index in [0.717, 1.165) is 5.39 Å². The number of benzene rings is 2. The Kier molecular flexibility index (Phi) is 9.28. The summed E-state index contributed by atoms with van der Waals surface area (Å²) in [6.07, 6.45) is -2.63. The van der Waals surface area contributed by atoms with Gasteiger partial charge in [0.1, 0.15) is 29.6 Å². The predicted molar refractivity (Wildman–Crippen MR) is 168 cm³/mol. The third kappa shape index (κ3) is 6.94. The van der Waals surface area contributed by atoms with Crippen molar-refractivity contribution < 1.29 is 42.8 Å². The van der Waals surface area contributed by atoms with Crippen LogP contribution in [-0.4, -0.2) is 79.9 Å². The fourth-order valence-corrected chi connectivity index (χ4v) is 6.49. The van der Waals surface area contributed by atoms with Gasteiger partial charge in [0.25, 0.3) is 0 Å². The summed E-state index contributed by atoms with van der Waals surface area (Å²) >= 11 is 0. The molecule has 6 atom stereocenters. The van der Waals surface area contributed by atoms with E-state index in [9.17, 15) is 19.6 Å². The molecule has 5 N–H and O–H groups in total. The predicted octanol–water partition coefficient (Wildman–Crippen LogP) is 3.35. The highest BCUT2D eigenvalue weighted by molar-refractivity contribution is 7.52. The van der Waals surface area contributed by atoms with E-state index >= 15 is 0 Å². The van der Waals surface area contributed by atoms with E-state index in [-0.39, 0.29) is 40.8 Å². The highest BCUT2D eigenvalue weighted by Crippen LogP contribution is 2.48. The quantitative estimate of drug-likeness (QED) is 0.135. The number of esters is 1. The largest absolute Gasteiger partial charge is 0.479 e. The fraction of sp³-hybridized carbons (Fsp3) is 0.467. The number of nitrogen functional groups attached to an aromatic ring is 1. The van der Waals surface area contributed by atoms with Crippen LogP contribution in [0.15, 0.2) is 48.8 Å². The number of hydrogen-bond donors (Lipinski definition) is 4. The SMILES string of the molecule is COc1nc(N)nc2c1ncn2[C@@H]1O[C@H](COP(=O)(NC(C)C(=O)OCC(C)(C)C)Oc2cccc3ccccc23)C(O)[C@]1(C)O. The zero-order valence-corrected chi connectivity index (χ0v) is 27.3. The maximum absolute atomic E-state index is 14.3. The standard InChI is InChI=1S/C30H39N6O9P/c1-17(26(38)42-15-29(2,3)4)35-46(40,45-20-13-9-11-18-10-7-8-12-19(18)20)43-14-21-23(37)30(5,39)27(44-21)36-16-32-22-24(36)33-28(31)34-25(22)41-6/h7-13,16-17,21,23,27,37,39H,14-15H2,1-6H3,(H,35,40)(H2,31,33,34)/t17?,21-,23?,27-,30+,46?/m1/s1. The zero-order chi connectivity index (χ0) is 33.4. The average molecular weight is 659 g/mol. The van der Waals surface area contributed by atoms with Gasteiger partial charge in [-0.2, -0.15) is 15.1 Å². The molecule has 5 rings (SSSR count). The first-order chi connectivity index (χ1) is 21.6. The van der Waals surface area contributed by atoms with Gasteiger partial charge in [0.2, 0.25) is 11.8 Å². The number of fused-ring (bicyclic) bond motifs is 2. The number of nitrogens with zero attached hydrogens (tertiary/aromatic N) is 4. The molecule has 4 aromatic rings. The molecule has 0 bridgehead atoms. The Labute approximate surface area is 265 Å². The lowest BCUT2D eigenvalue weighted by Gasteiger charge is -2.27. The molecule has 0 spiro atoms. The van der Waals surface area contributed by atoms with E-state index in [1.807, 2.05) is 39.0 Å². The first-order valence-electron chi connectivity index (χ1n) is 14.6. The number of anilines is 1. The van der Waals surface area contributed by atoms with Gasteiger partial charge in [0.15, 0.2) is 17.4 Å². The second kappa shape index (κ2) is 12.7. The Hall–Kier alpha value is -3.85. The second-order valence-electron chi connectivity index (χ2n) is 12.5. The van der Waals surface area contributed by atoms with Crippen molar-refractivity contribution >= 4 is 41.6 Å². The molecule has 3 heterocycles. The molecule has 2 aromatic carbocycles. The summed E-state index contributed by atoms with van der Waals surface area (Å²) in [6, 6.07) is 11.4. The monoisotopic (exact) mass is 658 g/mol. The molecule has 248 valence electrons. The van der Waals surface area contributed by atoms with Crippen molar-refractivity contribution in [3.05, 3.63) is 48.8 Å². The van der Waals surface area contributed by atoms with E-state index in [1.165, 1.54) is 31.9 Å². The topological polar surface area (TPSA) is 202 Å². The molecular formula is C30H39N6O9P. The van der Waals surface area contributed by atoms with Gasteiger partial charge >= 0.3 is 13.7 Å². The van der Waals surface area contributed by atoms with Crippen LogP contribution in [0.4, 0.5) is 5.95 Å². The van der Waals surface area contributed by atoms with E-state index in [1.54, 1.807) is 24.3 Å². The van der Waals surface area contributed by atoms with Crippen LogP contribution in [0.25, 0.3) is 21.9 Å². The number of ether oxygens (including phenoxy) is 3. The molecule has 3 unspecified atom stereocenters. The van der Waals surface area contributed by atoms with Gasteiger partial charge in [-0.25, -0.2) is 9.55 Å². The minimum Gasteiger partial charge on any atom is -0.479 e. The van der Waals surface area contributed by atoms with Gasteiger partial charge in [-0.3, -0.25) is 13.9 Å². The summed E-state index contributed by atoms with van der Waals surface area (Å²) in [6.45, 7) is 8.20. The van der Waals surface area contributed by atoms with Crippen molar-refractivity contribution in [1.82, 2.24) is 24.6 Å². The van der Waals surface area contributed by atoms with Gasteiger partial charge in [0.05, 0.1) is 26.7 Å². The smallest absolute Gasteiger partial charge is 0.459 e. The van der Waals surface area contributed by atoms with Crippen LogP contribution >= 0.6 is 7.75 Å². The minimum atomic E-state index is -4.37. The Balaban J connectivity index is 1.40. The summed E-state index contributed by atoms with van der Waals surface area (Å²) in [5, 5.41) is 26.7. The van der Waals surface area contributed by atoms with Crippen LogP contribution < -0.4 is 20.1 Å². The van der Waals surface area contributed by atoms with Gasteiger partial charge in [-0.15, -0.1) is 0 Å². The van der Waals surface area contributed by atoms with Crippen LogP contribution in [-0.2, 0) is 23.4 Å². The maximum atomic E-state index is 14.3. The summed E-state index contributed by atoms with van der Waals surface area (Å²) in [4.78, 5) is 25.3. The van der Waals surface area contributed by atoms with Crippen molar-refractivity contribution in [2.24, 2.45) is 5.41 Å². The number of hydrogen-bond acceptors (Lipinski definition) is 13. The van der Waals surface area contributed by atoms with E-state index in [0.29, 0.717) is 5.39 Å². The number of carbonyl (C=O) groups is 1. The summed E-state index contributed by atoms with van der Waals surface area (Å²) < 4.78 is 44.2. The van der Waals surface area contributed by atoms with Gasteiger partial charge in [-0.1, -0.05) is 57.2 Å². The van der Waals surface area contributed by atoms with Gasteiger partial charge < -0.3 is 34.7 Å². The van der Waals surface area contributed by atoms with Crippen LogP contribution in [0, 0.1) is 5.41 Å². The Morgan fingerprint density at radius 3 is 2.65 bits per heavy atom. The van der Waals surface area contributed by atoms with Gasteiger partial charge in [0, 0.05) is 5.39 Å². The molecule has 15 nitrogen and oxygen atoms in total. The van der Waals surface area contributed by atoms with Crippen LogP contribution in [0.2, 0.25) is 0 Å². The molecule has 1 aliphatic rings. The van der Waals surface area contributed by atoms with Crippen molar-refractivity contribution in [3.63, 3.8) is 0 Å². The molecule has 0 saturated carbocycles. The average Bonchev–Trinajstić information content (AvgIpc) is 3.51. The lowest BCUT2D eigenvalue weighted by molar-refractivity contribution is -0.148. The second-order valence-corrected chi connectivity index (χ2v) is 14.2. The lowest BCUT2D eigenvalue weighted by Crippen LogP contribution is -2.44. The molecule has 0 amide bonds. The highest BCUT2D eigenvalue weighted by Gasteiger charge is 2.54. The van der Waals surface area contributed by atoms with E-state index < -0.39 is 50.4 Å². The zero-order valence-electron chi connectivity index (χ0n) is 26.4.